The van der Waals surface area contributed by atoms with Crippen LogP contribution in [-0.2, 0) is 10.0 Å². The number of aromatic carboxylic acids is 1. The number of aliphatic hydroxyl groups excluding tert-OH is 1. The van der Waals surface area contributed by atoms with E-state index >= 15 is 0 Å². The average molecular weight is 288 g/mol. The highest BCUT2D eigenvalue weighted by Gasteiger charge is 2.29. The van der Waals surface area contributed by atoms with Crippen molar-refractivity contribution < 1.29 is 23.4 Å². The Kier molecular flexibility index (Phi) is 4.18. The highest BCUT2D eigenvalue weighted by atomic mass is 32.2. The predicted octanol–water partition coefficient (Wildman–Crippen LogP) is 0.0162. The van der Waals surface area contributed by atoms with Crippen molar-refractivity contribution in [3.05, 3.63) is 23.8 Å². The minimum atomic E-state index is -4.10. The Morgan fingerprint density at radius 2 is 2.00 bits per heavy atom. The number of nitrogen functional groups attached to an aromatic ring is 1. The summed E-state index contributed by atoms with van der Waals surface area (Å²) in [5.41, 5.74) is 4.13. The fourth-order valence-electron chi connectivity index (χ4n) is 1.39. The van der Waals surface area contributed by atoms with Crippen molar-refractivity contribution in [3.63, 3.8) is 0 Å². The standard InChI is InChI=1S/C11H16N2O5S/c1-11(2,6-14)13-19(17,18)9-5-7(12)3-4-8(9)10(15)16/h3-5,13-14H,6,12H2,1-2H3,(H,15,16). The van der Waals surface area contributed by atoms with E-state index in [9.17, 15) is 13.2 Å². The zero-order chi connectivity index (χ0) is 14.8. The normalized spacial score (nSPS) is 12.4. The molecule has 0 bridgehead atoms. The van der Waals surface area contributed by atoms with Gasteiger partial charge in [0.1, 0.15) is 0 Å². The van der Waals surface area contributed by atoms with Crippen LogP contribution < -0.4 is 10.5 Å². The number of rotatable bonds is 5. The molecule has 0 spiro atoms. The molecule has 0 aliphatic heterocycles. The van der Waals surface area contributed by atoms with E-state index in [2.05, 4.69) is 4.72 Å². The molecule has 1 aromatic rings. The smallest absolute Gasteiger partial charge is 0.337 e. The number of carboxylic acid groups (broad SMARTS) is 1. The van der Waals surface area contributed by atoms with E-state index in [1.54, 1.807) is 0 Å². The Hall–Kier alpha value is -1.64. The molecule has 0 aliphatic rings. The first-order chi connectivity index (χ1) is 8.59. The summed E-state index contributed by atoms with van der Waals surface area (Å²) in [4.78, 5) is 10.6. The van der Waals surface area contributed by atoms with Crippen molar-refractivity contribution in [1.82, 2.24) is 4.72 Å². The molecule has 0 aromatic heterocycles. The Balaban J connectivity index is 3.36. The molecule has 0 atom stereocenters. The number of benzene rings is 1. The first kappa shape index (κ1) is 15.4. The van der Waals surface area contributed by atoms with E-state index in [1.165, 1.54) is 19.9 Å². The van der Waals surface area contributed by atoms with Gasteiger partial charge in [0.15, 0.2) is 0 Å². The lowest BCUT2D eigenvalue weighted by atomic mass is 10.1. The molecule has 0 saturated heterocycles. The second kappa shape index (κ2) is 5.16. The van der Waals surface area contributed by atoms with E-state index in [0.29, 0.717) is 0 Å². The maximum absolute atomic E-state index is 12.1. The van der Waals surface area contributed by atoms with E-state index in [1.807, 2.05) is 0 Å². The van der Waals surface area contributed by atoms with Crippen LogP contribution in [-0.4, -0.2) is 36.7 Å². The highest BCUT2D eigenvalue weighted by Crippen LogP contribution is 2.21. The number of sulfonamides is 1. The summed E-state index contributed by atoms with van der Waals surface area (Å²) in [6.45, 7) is 2.51. The summed E-state index contributed by atoms with van der Waals surface area (Å²) in [6, 6.07) is 3.50. The number of carbonyl (C=O) groups is 1. The lowest BCUT2D eigenvalue weighted by Crippen LogP contribution is -2.46. The summed E-state index contributed by atoms with van der Waals surface area (Å²) in [5.74, 6) is -1.37. The Bertz CT molecular complexity index is 595. The van der Waals surface area contributed by atoms with Gasteiger partial charge < -0.3 is 15.9 Å². The molecule has 19 heavy (non-hydrogen) atoms. The third-order valence-electron chi connectivity index (χ3n) is 2.33. The average Bonchev–Trinajstić information content (AvgIpc) is 2.27. The summed E-state index contributed by atoms with van der Waals surface area (Å²) < 4.78 is 26.5. The van der Waals surface area contributed by atoms with Gasteiger partial charge in [-0.25, -0.2) is 17.9 Å². The van der Waals surface area contributed by atoms with Crippen LogP contribution >= 0.6 is 0 Å². The summed E-state index contributed by atoms with van der Waals surface area (Å²) >= 11 is 0. The third kappa shape index (κ3) is 3.66. The SMILES string of the molecule is CC(C)(CO)NS(=O)(=O)c1cc(N)ccc1C(=O)O. The van der Waals surface area contributed by atoms with Crippen LogP contribution in [0.25, 0.3) is 0 Å². The van der Waals surface area contributed by atoms with Crippen molar-refractivity contribution in [2.45, 2.75) is 24.3 Å². The van der Waals surface area contributed by atoms with Crippen molar-refractivity contribution in [2.24, 2.45) is 0 Å². The minimum absolute atomic E-state index is 0.132. The van der Waals surface area contributed by atoms with E-state index in [0.717, 1.165) is 12.1 Å². The van der Waals surface area contributed by atoms with Gasteiger partial charge in [0, 0.05) is 5.69 Å². The van der Waals surface area contributed by atoms with Crippen molar-refractivity contribution in [1.29, 1.82) is 0 Å². The molecule has 8 heteroatoms. The molecule has 106 valence electrons. The number of nitrogens with one attached hydrogen (secondary N) is 1. The summed E-state index contributed by atoms with van der Waals surface area (Å²) in [5, 5.41) is 18.1. The second-order valence-corrected chi connectivity index (χ2v) is 6.36. The molecule has 0 amide bonds. The van der Waals surface area contributed by atoms with Crippen LogP contribution in [0.3, 0.4) is 0 Å². The quantitative estimate of drug-likeness (QED) is 0.565. The van der Waals surface area contributed by atoms with E-state index < -0.39 is 33.0 Å². The molecule has 1 rings (SSSR count). The van der Waals surface area contributed by atoms with Gasteiger partial charge in [-0.05, 0) is 32.0 Å². The Morgan fingerprint density at radius 1 is 1.42 bits per heavy atom. The van der Waals surface area contributed by atoms with Crippen LogP contribution in [0.5, 0.6) is 0 Å². The van der Waals surface area contributed by atoms with Gasteiger partial charge in [-0.2, -0.15) is 0 Å². The monoisotopic (exact) mass is 288 g/mol. The van der Waals surface area contributed by atoms with Gasteiger partial charge in [-0.3, -0.25) is 0 Å². The number of carboxylic acids is 1. The molecule has 0 heterocycles. The molecule has 5 N–H and O–H groups in total. The fraction of sp³-hybridized carbons (Fsp3) is 0.364. The van der Waals surface area contributed by atoms with Crippen LogP contribution in [0.2, 0.25) is 0 Å². The van der Waals surface area contributed by atoms with Crippen molar-refractivity contribution in [2.75, 3.05) is 12.3 Å². The number of hydrogen-bond acceptors (Lipinski definition) is 5. The van der Waals surface area contributed by atoms with Gasteiger partial charge in [0.2, 0.25) is 10.0 Å². The summed E-state index contributed by atoms with van der Waals surface area (Å²) in [7, 11) is -4.10. The van der Waals surface area contributed by atoms with Crippen LogP contribution in [0.4, 0.5) is 5.69 Å². The zero-order valence-corrected chi connectivity index (χ0v) is 11.4. The molecule has 0 saturated carbocycles. The number of aliphatic hydroxyl groups is 1. The molecule has 0 aliphatic carbocycles. The van der Waals surface area contributed by atoms with Gasteiger partial charge in [-0.1, -0.05) is 0 Å². The van der Waals surface area contributed by atoms with Gasteiger partial charge in [0.25, 0.3) is 0 Å². The zero-order valence-electron chi connectivity index (χ0n) is 10.5. The third-order valence-corrected chi connectivity index (χ3v) is 4.07. The van der Waals surface area contributed by atoms with E-state index in [-0.39, 0.29) is 11.3 Å². The van der Waals surface area contributed by atoms with Crippen molar-refractivity contribution in [3.8, 4) is 0 Å². The molecular weight excluding hydrogens is 272 g/mol. The van der Waals surface area contributed by atoms with Crippen molar-refractivity contribution >= 4 is 21.7 Å². The first-order valence-corrected chi connectivity index (χ1v) is 6.85. The Morgan fingerprint density at radius 3 is 2.47 bits per heavy atom. The minimum Gasteiger partial charge on any atom is -0.478 e. The summed E-state index contributed by atoms with van der Waals surface area (Å²) in [6.07, 6.45) is 0. The van der Waals surface area contributed by atoms with Gasteiger partial charge in [-0.15, -0.1) is 0 Å². The van der Waals surface area contributed by atoms with Crippen LogP contribution in [0, 0.1) is 0 Å². The van der Waals surface area contributed by atoms with Crippen LogP contribution in [0.1, 0.15) is 24.2 Å². The first-order valence-electron chi connectivity index (χ1n) is 5.37. The lowest BCUT2D eigenvalue weighted by molar-refractivity contribution is 0.0692. The molecule has 1 aromatic carbocycles. The Labute approximate surface area is 111 Å². The topological polar surface area (TPSA) is 130 Å². The molecule has 0 fully saturated rings. The maximum Gasteiger partial charge on any atom is 0.337 e. The number of hydrogen-bond donors (Lipinski definition) is 4. The van der Waals surface area contributed by atoms with Crippen LogP contribution in [0.15, 0.2) is 23.1 Å². The van der Waals surface area contributed by atoms with Gasteiger partial charge >= 0.3 is 5.97 Å². The molecular formula is C11H16N2O5S. The number of nitrogens with two attached hydrogens (primary N) is 1. The highest BCUT2D eigenvalue weighted by molar-refractivity contribution is 7.89. The predicted molar refractivity (Wildman–Crippen MR) is 69.3 cm³/mol. The largest absolute Gasteiger partial charge is 0.478 e. The van der Waals surface area contributed by atoms with E-state index in [4.69, 9.17) is 15.9 Å². The molecule has 7 nitrogen and oxygen atoms in total. The second-order valence-electron chi connectivity index (χ2n) is 4.71. The molecule has 0 radical (unpaired) electrons. The lowest BCUT2D eigenvalue weighted by Gasteiger charge is -2.23. The molecule has 0 unspecified atom stereocenters. The fourth-order valence-corrected chi connectivity index (χ4v) is 3.03. The van der Waals surface area contributed by atoms with Gasteiger partial charge in [0.05, 0.1) is 22.6 Å². The number of anilines is 1. The maximum atomic E-state index is 12.1.